The zero-order valence-corrected chi connectivity index (χ0v) is 11.0. The summed E-state index contributed by atoms with van der Waals surface area (Å²) >= 11 is 0. The zero-order valence-electron chi connectivity index (χ0n) is 10.2. The number of carbonyl (C=O) groups excluding carboxylic acids is 1. The van der Waals surface area contributed by atoms with E-state index in [1.54, 1.807) is 13.8 Å². The van der Waals surface area contributed by atoms with Crippen molar-refractivity contribution in [1.82, 2.24) is 10.0 Å². The van der Waals surface area contributed by atoms with Crippen LogP contribution in [0.15, 0.2) is 0 Å². The van der Waals surface area contributed by atoms with Gasteiger partial charge in [-0.25, -0.2) is 13.1 Å². The molecule has 0 radical (unpaired) electrons. The van der Waals surface area contributed by atoms with Gasteiger partial charge in [-0.15, -0.1) is 0 Å². The summed E-state index contributed by atoms with van der Waals surface area (Å²) in [7, 11) is -3.29. The minimum Gasteiger partial charge on any atom is -0.353 e. The first-order chi connectivity index (χ1) is 7.07. The highest BCUT2D eigenvalue weighted by Crippen LogP contribution is 2.02. The summed E-state index contributed by atoms with van der Waals surface area (Å²) in [5.74, 6) is -0.272. The highest BCUT2D eigenvalue weighted by atomic mass is 32.2. The van der Waals surface area contributed by atoms with Crippen LogP contribution in [-0.2, 0) is 14.8 Å². The van der Waals surface area contributed by atoms with Gasteiger partial charge in [0.15, 0.2) is 0 Å². The third-order valence-electron chi connectivity index (χ3n) is 1.94. The summed E-state index contributed by atoms with van der Waals surface area (Å²) in [5.41, 5.74) is 4.80. The van der Waals surface area contributed by atoms with Crippen LogP contribution in [0.2, 0.25) is 0 Å². The Labute approximate surface area is 97.0 Å². The summed E-state index contributed by atoms with van der Waals surface area (Å²) in [5, 5.41) is 2.61. The van der Waals surface area contributed by atoms with E-state index in [9.17, 15) is 13.2 Å². The summed E-state index contributed by atoms with van der Waals surface area (Å²) in [6, 6.07) is -0.547. The summed E-state index contributed by atoms with van der Waals surface area (Å²) < 4.78 is 24.5. The summed E-state index contributed by atoms with van der Waals surface area (Å²) in [6.45, 7) is 5.38. The number of carbonyl (C=O) groups is 1. The fourth-order valence-electron chi connectivity index (χ4n) is 1.16. The molecule has 0 aromatic rings. The second-order valence-corrected chi connectivity index (χ2v) is 6.24. The first-order valence-corrected chi connectivity index (χ1v) is 6.99. The molecule has 96 valence electrons. The number of rotatable bonds is 6. The maximum Gasteiger partial charge on any atom is 0.236 e. The molecule has 4 N–H and O–H groups in total. The van der Waals surface area contributed by atoms with Gasteiger partial charge < -0.3 is 11.1 Å². The molecule has 1 atom stereocenters. The molecule has 0 heterocycles. The topological polar surface area (TPSA) is 101 Å². The normalized spacial score (nSPS) is 14.6. The quantitative estimate of drug-likeness (QED) is 0.573. The van der Waals surface area contributed by atoms with E-state index in [4.69, 9.17) is 5.73 Å². The van der Waals surface area contributed by atoms with Crippen LogP contribution in [0.4, 0.5) is 0 Å². The number of amides is 1. The maximum absolute atomic E-state index is 11.4. The molecule has 0 rings (SSSR count). The first kappa shape index (κ1) is 15.3. The highest BCUT2D eigenvalue weighted by Gasteiger charge is 2.23. The van der Waals surface area contributed by atoms with Crippen LogP contribution in [0.5, 0.6) is 0 Å². The van der Waals surface area contributed by atoms with E-state index in [1.165, 1.54) is 0 Å². The van der Waals surface area contributed by atoms with Crippen LogP contribution >= 0.6 is 0 Å². The minimum atomic E-state index is -3.29. The largest absolute Gasteiger partial charge is 0.353 e. The van der Waals surface area contributed by atoms with Gasteiger partial charge in [0.1, 0.15) is 0 Å². The van der Waals surface area contributed by atoms with Gasteiger partial charge in [-0.2, -0.15) is 0 Å². The van der Waals surface area contributed by atoms with Gasteiger partial charge in [0.25, 0.3) is 0 Å². The highest BCUT2D eigenvalue weighted by molar-refractivity contribution is 7.88. The molecule has 0 fully saturated rings. The summed E-state index contributed by atoms with van der Waals surface area (Å²) in [6.07, 6.45) is 1.63. The van der Waals surface area contributed by atoms with Gasteiger partial charge in [0.2, 0.25) is 15.9 Å². The van der Waals surface area contributed by atoms with Gasteiger partial charge in [0, 0.05) is 12.1 Å². The number of nitrogens with one attached hydrogen (secondary N) is 2. The molecule has 0 aliphatic rings. The Bertz CT molecular complexity index is 338. The van der Waals surface area contributed by atoms with E-state index < -0.39 is 21.6 Å². The van der Waals surface area contributed by atoms with Crippen molar-refractivity contribution in [2.75, 3.05) is 12.8 Å². The van der Waals surface area contributed by atoms with Crippen molar-refractivity contribution in [3.63, 3.8) is 0 Å². The molecule has 7 heteroatoms. The standard InChI is InChI=1S/C9H21N3O3S/c1-5-7(10)8(13)11-6-9(2,3)12-16(4,14)15/h7,12H,5-6,10H2,1-4H3,(H,11,13)/t7-/m0/s1. The molecule has 0 aliphatic carbocycles. The van der Waals surface area contributed by atoms with Crippen molar-refractivity contribution in [1.29, 1.82) is 0 Å². The third-order valence-corrected chi connectivity index (χ3v) is 2.87. The van der Waals surface area contributed by atoms with Crippen LogP contribution < -0.4 is 15.8 Å². The number of sulfonamides is 1. The molecule has 0 aliphatic heterocycles. The average Bonchev–Trinajstić information content (AvgIpc) is 2.09. The van der Waals surface area contributed by atoms with Crippen molar-refractivity contribution in [2.24, 2.45) is 5.73 Å². The van der Waals surface area contributed by atoms with Crippen LogP contribution in [0.1, 0.15) is 27.2 Å². The van der Waals surface area contributed by atoms with Crippen molar-refractivity contribution in [3.05, 3.63) is 0 Å². The van der Waals surface area contributed by atoms with E-state index in [1.807, 2.05) is 6.92 Å². The van der Waals surface area contributed by atoms with Crippen LogP contribution in [0, 0.1) is 0 Å². The van der Waals surface area contributed by atoms with Gasteiger partial charge >= 0.3 is 0 Å². The van der Waals surface area contributed by atoms with Crippen molar-refractivity contribution in [3.8, 4) is 0 Å². The van der Waals surface area contributed by atoms with Crippen LogP contribution in [-0.4, -0.2) is 38.7 Å². The lowest BCUT2D eigenvalue weighted by atomic mass is 10.1. The monoisotopic (exact) mass is 251 g/mol. The smallest absolute Gasteiger partial charge is 0.236 e. The SMILES string of the molecule is CC[C@H](N)C(=O)NCC(C)(C)NS(C)(=O)=O. The van der Waals surface area contributed by atoms with Gasteiger partial charge in [-0.3, -0.25) is 4.79 Å². The molecular weight excluding hydrogens is 230 g/mol. The predicted molar refractivity (Wildman–Crippen MR) is 63.3 cm³/mol. The van der Waals surface area contributed by atoms with E-state index in [0.29, 0.717) is 6.42 Å². The average molecular weight is 251 g/mol. The Hall–Kier alpha value is -0.660. The van der Waals surface area contributed by atoms with E-state index >= 15 is 0 Å². The molecule has 0 bridgehead atoms. The second kappa shape index (κ2) is 5.60. The van der Waals surface area contributed by atoms with Crippen LogP contribution in [0.3, 0.4) is 0 Å². The number of hydrogen-bond donors (Lipinski definition) is 3. The van der Waals surface area contributed by atoms with Gasteiger partial charge in [-0.05, 0) is 20.3 Å². The first-order valence-electron chi connectivity index (χ1n) is 5.09. The number of hydrogen-bond acceptors (Lipinski definition) is 4. The lowest BCUT2D eigenvalue weighted by molar-refractivity contribution is -0.122. The van der Waals surface area contributed by atoms with E-state index in [-0.39, 0.29) is 12.5 Å². The molecule has 16 heavy (non-hydrogen) atoms. The van der Waals surface area contributed by atoms with Crippen molar-refractivity contribution in [2.45, 2.75) is 38.8 Å². The number of nitrogens with two attached hydrogens (primary N) is 1. The van der Waals surface area contributed by atoms with Crippen molar-refractivity contribution < 1.29 is 13.2 Å². The Kier molecular flexibility index (Phi) is 5.37. The van der Waals surface area contributed by atoms with Gasteiger partial charge in [-0.1, -0.05) is 6.92 Å². The lowest BCUT2D eigenvalue weighted by Gasteiger charge is -2.25. The lowest BCUT2D eigenvalue weighted by Crippen LogP contribution is -2.53. The Balaban J connectivity index is 4.24. The fraction of sp³-hybridized carbons (Fsp3) is 0.889. The molecule has 0 saturated heterocycles. The third kappa shape index (κ3) is 6.76. The zero-order chi connectivity index (χ0) is 13.0. The minimum absolute atomic E-state index is 0.201. The fourth-order valence-corrected chi connectivity index (χ4v) is 2.24. The molecule has 0 unspecified atom stereocenters. The Morgan fingerprint density at radius 1 is 1.44 bits per heavy atom. The Morgan fingerprint density at radius 2 is 1.94 bits per heavy atom. The molecule has 0 saturated carbocycles. The van der Waals surface area contributed by atoms with E-state index in [2.05, 4.69) is 10.0 Å². The molecular formula is C9H21N3O3S. The maximum atomic E-state index is 11.4. The predicted octanol–water partition coefficient (Wildman–Crippen LogP) is -0.832. The second-order valence-electron chi connectivity index (χ2n) is 4.49. The van der Waals surface area contributed by atoms with E-state index in [0.717, 1.165) is 6.26 Å². The van der Waals surface area contributed by atoms with Crippen LogP contribution in [0.25, 0.3) is 0 Å². The summed E-state index contributed by atoms with van der Waals surface area (Å²) in [4.78, 5) is 11.4. The van der Waals surface area contributed by atoms with Gasteiger partial charge in [0.05, 0.1) is 12.3 Å². The molecule has 1 amide bonds. The Morgan fingerprint density at radius 3 is 2.31 bits per heavy atom. The molecule has 6 nitrogen and oxygen atoms in total. The molecule has 0 aromatic heterocycles. The molecule has 0 spiro atoms. The van der Waals surface area contributed by atoms with Crippen molar-refractivity contribution >= 4 is 15.9 Å². The molecule has 0 aromatic carbocycles.